The van der Waals surface area contributed by atoms with Gasteiger partial charge < -0.3 is 15.2 Å². The molecule has 0 aliphatic rings. The Labute approximate surface area is 83.4 Å². The van der Waals surface area contributed by atoms with Crippen LogP contribution >= 0.6 is 0 Å². The van der Waals surface area contributed by atoms with Crippen LogP contribution in [0.3, 0.4) is 0 Å². The first kappa shape index (κ1) is 12.9. The minimum Gasteiger partial charge on any atom is -0.479 e. The first-order valence-electron chi connectivity index (χ1n) is 4.38. The fraction of sp³-hybridized carbons (Fsp3) is 0.778. The number of carboxylic acids is 1. The van der Waals surface area contributed by atoms with Crippen molar-refractivity contribution in [3.05, 3.63) is 0 Å². The molecule has 1 atom stereocenters. The second kappa shape index (κ2) is 4.95. The molecule has 5 heteroatoms. The Balaban J connectivity index is 3.81. The molecule has 0 aliphatic carbocycles. The number of rotatable bonds is 4. The summed E-state index contributed by atoms with van der Waals surface area (Å²) in [5.41, 5.74) is -0.326. The number of carbonyl (C=O) groups excluding carboxylic acids is 1. The Morgan fingerprint density at radius 3 is 2.29 bits per heavy atom. The molecule has 0 radical (unpaired) electrons. The summed E-state index contributed by atoms with van der Waals surface area (Å²) < 4.78 is 4.80. The van der Waals surface area contributed by atoms with Crippen LogP contribution in [-0.4, -0.2) is 35.2 Å². The van der Waals surface area contributed by atoms with E-state index in [0.29, 0.717) is 0 Å². The van der Waals surface area contributed by atoms with Crippen LogP contribution in [-0.2, 0) is 14.3 Å². The molecule has 0 rings (SSSR count). The standard InChI is InChI=1S/C9H17NO4/c1-6(8(12)13)14-5-7(11)10-9(2,3)4/h6H,5H2,1-4H3,(H,10,11)(H,12,13)/t6-/m0/s1. The predicted octanol–water partition coefficient (Wildman–Crippen LogP) is 0.391. The van der Waals surface area contributed by atoms with Crippen molar-refractivity contribution in [2.75, 3.05) is 6.61 Å². The van der Waals surface area contributed by atoms with Crippen LogP contribution in [0.1, 0.15) is 27.7 Å². The van der Waals surface area contributed by atoms with Crippen molar-refractivity contribution in [3.8, 4) is 0 Å². The highest BCUT2D eigenvalue weighted by molar-refractivity contribution is 5.78. The molecule has 2 N–H and O–H groups in total. The first-order chi connectivity index (χ1) is 6.22. The molecule has 0 saturated carbocycles. The molecule has 14 heavy (non-hydrogen) atoms. The van der Waals surface area contributed by atoms with Crippen molar-refractivity contribution in [2.45, 2.75) is 39.3 Å². The predicted molar refractivity (Wildman–Crippen MR) is 50.9 cm³/mol. The Hall–Kier alpha value is -1.10. The van der Waals surface area contributed by atoms with Gasteiger partial charge in [-0.25, -0.2) is 4.79 Å². The fourth-order valence-electron chi connectivity index (χ4n) is 0.726. The van der Waals surface area contributed by atoms with E-state index in [-0.39, 0.29) is 18.1 Å². The normalized spacial score (nSPS) is 13.4. The molecule has 0 bridgehead atoms. The smallest absolute Gasteiger partial charge is 0.332 e. The van der Waals surface area contributed by atoms with Crippen LogP contribution in [0.5, 0.6) is 0 Å². The van der Waals surface area contributed by atoms with Gasteiger partial charge in [-0.2, -0.15) is 0 Å². The van der Waals surface area contributed by atoms with Gasteiger partial charge in [0.25, 0.3) is 0 Å². The first-order valence-corrected chi connectivity index (χ1v) is 4.38. The third-order valence-corrected chi connectivity index (χ3v) is 1.33. The number of hydrogen-bond donors (Lipinski definition) is 2. The quantitative estimate of drug-likeness (QED) is 0.693. The van der Waals surface area contributed by atoms with Crippen LogP contribution in [0.2, 0.25) is 0 Å². The lowest BCUT2D eigenvalue weighted by atomic mass is 10.1. The topological polar surface area (TPSA) is 75.6 Å². The maximum Gasteiger partial charge on any atom is 0.332 e. The van der Waals surface area contributed by atoms with Crippen molar-refractivity contribution < 1.29 is 19.4 Å². The van der Waals surface area contributed by atoms with Crippen LogP contribution in [0.25, 0.3) is 0 Å². The maximum atomic E-state index is 11.2. The van der Waals surface area contributed by atoms with Crippen LogP contribution in [0.4, 0.5) is 0 Å². The highest BCUT2D eigenvalue weighted by Crippen LogP contribution is 1.98. The highest BCUT2D eigenvalue weighted by Gasteiger charge is 2.16. The molecule has 0 aromatic carbocycles. The summed E-state index contributed by atoms with van der Waals surface area (Å²) in [5.74, 6) is -1.39. The monoisotopic (exact) mass is 203 g/mol. The highest BCUT2D eigenvalue weighted by atomic mass is 16.5. The Kier molecular flexibility index (Phi) is 4.56. The molecule has 82 valence electrons. The van der Waals surface area contributed by atoms with E-state index < -0.39 is 12.1 Å². The summed E-state index contributed by atoms with van der Waals surface area (Å²) in [6.45, 7) is 6.67. The van der Waals surface area contributed by atoms with Crippen LogP contribution in [0, 0.1) is 0 Å². The number of ether oxygens (including phenoxy) is 1. The third kappa shape index (κ3) is 6.42. The molecule has 0 fully saturated rings. The molecule has 5 nitrogen and oxygen atoms in total. The minimum atomic E-state index is -1.08. The Bertz CT molecular complexity index is 219. The van der Waals surface area contributed by atoms with E-state index in [2.05, 4.69) is 5.32 Å². The SMILES string of the molecule is C[C@H](OCC(=O)NC(C)(C)C)C(=O)O. The second-order valence-electron chi connectivity index (χ2n) is 4.09. The van der Waals surface area contributed by atoms with Crippen molar-refractivity contribution in [2.24, 2.45) is 0 Å². The van der Waals surface area contributed by atoms with E-state index in [1.807, 2.05) is 20.8 Å². The second-order valence-corrected chi connectivity index (χ2v) is 4.09. The molecule has 0 saturated heterocycles. The molecule has 0 aliphatic heterocycles. The van der Waals surface area contributed by atoms with Gasteiger partial charge >= 0.3 is 5.97 Å². The fourth-order valence-corrected chi connectivity index (χ4v) is 0.726. The van der Waals surface area contributed by atoms with Crippen molar-refractivity contribution >= 4 is 11.9 Å². The molecular formula is C9H17NO4. The number of carboxylic acid groups (broad SMARTS) is 1. The lowest BCUT2D eigenvalue weighted by Gasteiger charge is -2.20. The number of amides is 1. The summed E-state index contributed by atoms with van der Waals surface area (Å²) in [7, 11) is 0. The summed E-state index contributed by atoms with van der Waals surface area (Å²) in [4.78, 5) is 21.5. The van der Waals surface area contributed by atoms with Crippen LogP contribution in [0.15, 0.2) is 0 Å². The zero-order chi connectivity index (χ0) is 11.4. The van der Waals surface area contributed by atoms with Gasteiger partial charge in [-0.05, 0) is 27.7 Å². The average Bonchev–Trinajstić information content (AvgIpc) is 1.96. The van der Waals surface area contributed by atoms with Gasteiger partial charge in [0, 0.05) is 5.54 Å². The van der Waals surface area contributed by atoms with E-state index in [9.17, 15) is 9.59 Å². The van der Waals surface area contributed by atoms with Crippen molar-refractivity contribution in [1.29, 1.82) is 0 Å². The van der Waals surface area contributed by atoms with E-state index in [1.54, 1.807) is 0 Å². The molecular weight excluding hydrogens is 186 g/mol. The van der Waals surface area contributed by atoms with Crippen LogP contribution < -0.4 is 5.32 Å². The number of carbonyl (C=O) groups is 2. The summed E-state index contributed by atoms with van der Waals surface area (Å²) in [5, 5.41) is 11.1. The maximum absolute atomic E-state index is 11.2. The lowest BCUT2D eigenvalue weighted by molar-refractivity contribution is -0.151. The van der Waals surface area contributed by atoms with Gasteiger partial charge in [-0.3, -0.25) is 4.79 Å². The average molecular weight is 203 g/mol. The molecule has 0 aromatic heterocycles. The zero-order valence-corrected chi connectivity index (χ0v) is 8.96. The Morgan fingerprint density at radius 1 is 1.43 bits per heavy atom. The van der Waals surface area contributed by atoms with Gasteiger partial charge in [-0.15, -0.1) is 0 Å². The summed E-state index contributed by atoms with van der Waals surface area (Å²) in [6, 6.07) is 0. The van der Waals surface area contributed by atoms with Gasteiger partial charge in [0.1, 0.15) is 6.61 Å². The van der Waals surface area contributed by atoms with Gasteiger partial charge in [0.2, 0.25) is 5.91 Å². The zero-order valence-electron chi connectivity index (χ0n) is 8.96. The lowest BCUT2D eigenvalue weighted by Crippen LogP contribution is -2.43. The van der Waals surface area contributed by atoms with E-state index in [1.165, 1.54) is 6.92 Å². The molecule has 0 unspecified atom stereocenters. The van der Waals surface area contributed by atoms with Crippen molar-refractivity contribution in [1.82, 2.24) is 5.32 Å². The number of nitrogens with one attached hydrogen (secondary N) is 1. The molecule has 1 amide bonds. The number of aliphatic carboxylic acids is 1. The van der Waals surface area contributed by atoms with E-state index >= 15 is 0 Å². The summed E-state index contributed by atoms with van der Waals surface area (Å²) in [6.07, 6.45) is -0.958. The largest absolute Gasteiger partial charge is 0.479 e. The third-order valence-electron chi connectivity index (χ3n) is 1.33. The number of hydrogen-bond acceptors (Lipinski definition) is 3. The molecule has 0 spiro atoms. The van der Waals surface area contributed by atoms with E-state index in [0.717, 1.165) is 0 Å². The molecule has 0 aromatic rings. The van der Waals surface area contributed by atoms with Gasteiger partial charge in [-0.1, -0.05) is 0 Å². The van der Waals surface area contributed by atoms with Gasteiger partial charge in [0.05, 0.1) is 0 Å². The summed E-state index contributed by atoms with van der Waals surface area (Å²) >= 11 is 0. The Morgan fingerprint density at radius 2 is 1.93 bits per heavy atom. The minimum absolute atomic E-state index is 0.231. The van der Waals surface area contributed by atoms with Gasteiger partial charge in [0.15, 0.2) is 6.10 Å². The molecule has 0 heterocycles. The van der Waals surface area contributed by atoms with Crippen molar-refractivity contribution in [3.63, 3.8) is 0 Å². The van der Waals surface area contributed by atoms with E-state index in [4.69, 9.17) is 9.84 Å².